The molecule has 3 aromatic rings. The summed E-state index contributed by atoms with van der Waals surface area (Å²) in [6.07, 6.45) is 3.89. The van der Waals surface area contributed by atoms with Gasteiger partial charge in [-0.05, 0) is 44.2 Å². The van der Waals surface area contributed by atoms with Crippen molar-refractivity contribution in [1.82, 2.24) is 19.2 Å². The fourth-order valence-corrected chi connectivity index (χ4v) is 5.81. The van der Waals surface area contributed by atoms with Gasteiger partial charge in [-0.25, -0.2) is 13.9 Å². The van der Waals surface area contributed by atoms with Gasteiger partial charge in [0.25, 0.3) is 0 Å². The summed E-state index contributed by atoms with van der Waals surface area (Å²) in [4.78, 5) is 15.3. The van der Waals surface area contributed by atoms with Crippen molar-refractivity contribution in [2.45, 2.75) is 83.0 Å². The maximum atomic E-state index is 13.9. The third kappa shape index (κ3) is 5.45. The molecule has 3 unspecified atom stereocenters. The number of aromatic nitrogens is 3. The zero-order chi connectivity index (χ0) is 25.1. The highest BCUT2D eigenvalue weighted by Gasteiger charge is 2.41. The van der Waals surface area contributed by atoms with E-state index in [-0.39, 0.29) is 30.8 Å². The first kappa shape index (κ1) is 24.9. The van der Waals surface area contributed by atoms with Crippen molar-refractivity contribution >= 4 is 0 Å². The lowest BCUT2D eigenvalue weighted by Crippen LogP contribution is -2.49. The zero-order valence-corrected chi connectivity index (χ0v) is 20.8. The number of nitrogens with zero attached hydrogens (tertiary/aromatic N) is 4. The summed E-state index contributed by atoms with van der Waals surface area (Å²) in [6.45, 7) is 3.45. The predicted molar refractivity (Wildman–Crippen MR) is 135 cm³/mol. The average Bonchev–Trinajstić information content (AvgIpc) is 3.28. The van der Waals surface area contributed by atoms with Crippen molar-refractivity contribution in [1.29, 1.82) is 0 Å². The lowest BCUT2D eigenvalue weighted by Gasteiger charge is -2.39. The second kappa shape index (κ2) is 11.1. The van der Waals surface area contributed by atoms with Crippen LogP contribution in [-0.4, -0.2) is 55.2 Å². The van der Waals surface area contributed by atoms with E-state index in [4.69, 9.17) is 4.74 Å². The molecule has 1 N–H and O–H groups in total. The Hall–Kier alpha value is -2.81. The van der Waals surface area contributed by atoms with Gasteiger partial charge >= 0.3 is 5.69 Å². The molecule has 2 saturated heterocycles. The molecule has 0 radical (unpaired) electrons. The van der Waals surface area contributed by atoms with Crippen LogP contribution in [0.5, 0.6) is 0 Å². The molecule has 2 aliphatic heterocycles. The Morgan fingerprint density at radius 3 is 2.44 bits per heavy atom. The number of hydrogen-bond acceptors (Lipinski definition) is 5. The Morgan fingerprint density at radius 1 is 1.06 bits per heavy atom. The minimum Gasteiger partial charge on any atom is -0.390 e. The van der Waals surface area contributed by atoms with Crippen LogP contribution < -0.4 is 5.69 Å². The van der Waals surface area contributed by atoms with Crippen LogP contribution in [0.1, 0.15) is 49.6 Å². The normalized spacial score (nSPS) is 22.7. The van der Waals surface area contributed by atoms with Crippen molar-refractivity contribution in [2.75, 3.05) is 6.54 Å². The van der Waals surface area contributed by atoms with Crippen molar-refractivity contribution in [2.24, 2.45) is 0 Å². The summed E-state index contributed by atoms with van der Waals surface area (Å²) in [5.74, 6) is 0.488. The summed E-state index contributed by atoms with van der Waals surface area (Å²) < 4.78 is 23.1. The molecule has 3 heterocycles. The summed E-state index contributed by atoms with van der Waals surface area (Å²) >= 11 is 0. The molecule has 8 heteroatoms. The number of fused-ring (bicyclic) bond motifs is 2. The Bertz CT molecular complexity index is 1200. The molecule has 1 aromatic heterocycles. The molecule has 0 amide bonds. The van der Waals surface area contributed by atoms with E-state index in [1.165, 1.54) is 10.7 Å². The maximum absolute atomic E-state index is 13.9. The predicted octanol–water partition coefficient (Wildman–Crippen LogP) is 3.37. The van der Waals surface area contributed by atoms with Gasteiger partial charge in [0, 0.05) is 37.2 Å². The third-order valence-electron chi connectivity index (χ3n) is 7.60. The smallest absolute Gasteiger partial charge is 0.346 e. The molecule has 36 heavy (non-hydrogen) atoms. The highest BCUT2D eigenvalue weighted by atomic mass is 19.1. The second-order valence-corrected chi connectivity index (χ2v) is 10.0. The van der Waals surface area contributed by atoms with Crippen molar-refractivity contribution in [3.63, 3.8) is 0 Å². The lowest BCUT2D eigenvalue weighted by molar-refractivity contribution is -0.0408. The first-order valence-electron chi connectivity index (χ1n) is 13.0. The summed E-state index contributed by atoms with van der Waals surface area (Å²) in [5.41, 5.74) is 1.51. The molecule has 192 valence electrons. The fourth-order valence-electron chi connectivity index (χ4n) is 5.81. The molecule has 0 saturated carbocycles. The first-order chi connectivity index (χ1) is 17.5. The number of benzene rings is 2. The van der Waals surface area contributed by atoms with E-state index < -0.39 is 6.10 Å². The summed E-state index contributed by atoms with van der Waals surface area (Å²) in [5, 5.41) is 15.5. The highest BCUT2D eigenvalue weighted by molar-refractivity contribution is 5.19. The molecular formula is C28H35FN4O3. The molecule has 5 rings (SSSR count). The van der Waals surface area contributed by atoms with Crippen molar-refractivity contribution < 1.29 is 14.2 Å². The third-order valence-corrected chi connectivity index (χ3v) is 7.60. The minimum atomic E-state index is -0.688. The van der Waals surface area contributed by atoms with Crippen LogP contribution in [0.4, 0.5) is 4.39 Å². The topological polar surface area (TPSA) is 72.5 Å². The number of aliphatic hydroxyl groups is 1. The van der Waals surface area contributed by atoms with E-state index in [0.717, 1.165) is 31.2 Å². The van der Waals surface area contributed by atoms with Crippen LogP contribution in [0, 0.1) is 5.82 Å². The molecule has 2 bridgehead atoms. The number of piperidine rings is 1. The molecule has 2 aromatic carbocycles. The van der Waals surface area contributed by atoms with E-state index in [0.29, 0.717) is 43.0 Å². The lowest BCUT2D eigenvalue weighted by atomic mass is 9.99. The Labute approximate surface area is 211 Å². The quantitative estimate of drug-likeness (QED) is 0.468. The summed E-state index contributed by atoms with van der Waals surface area (Å²) in [7, 11) is 0. The molecule has 2 aliphatic rings. The van der Waals surface area contributed by atoms with Gasteiger partial charge in [-0.15, -0.1) is 0 Å². The van der Waals surface area contributed by atoms with Gasteiger partial charge in [-0.1, -0.05) is 48.5 Å². The average molecular weight is 495 g/mol. The first-order valence-corrected chi connectivity index (χ1v) is 13.0. The monoisotopic (exact) mass is 494 g/mol. The summed E-state index contributed by atoms with van der Waals surface area (Å²) in [6, 6.07) is 17.4. The van der Waals surface area contributed by atoms with E-state index >= 15 is 0 Å². The zero-order valence-electron chi connectivity index (χ0n) is 20.8. The molecule has 2 fully saturated rings. The van der Waals surface area contributed by atoms with E-state index in [1.807, 2.05) is 43.3 Å². The number of rotatable bonds is 10. The van der Waals surface area contributed by atoms with Gasteiger partial charge in [0.2, 0.25) is 0 Å². The molecule has 7 nitrogen and oxygen atoms in total. The Balaban J connectivity index is 1.18. The molecule has 0 spiro atoms. The van der Waals surface area contributed by atoms with Gasteiger partial charge in [0.05, 0.1) is 25.4 Å². The SMILES string of the molecule is CCn1c(Cc2ccccc2)nn(CC(O)CN2C3CCC2CC(OCc2ccccc2F)C3)c1=O. The molecule has 3 atom stereocenters. The molecule has 0 aliphatic carbocycles. The highest BCUT2D eigenvalue weighted by Crippen LogP contribution is 2.37. The number of aliphatic hydroxyl groups excluding tert-OH is 1. The maximum Gasteiger partial charge on any atom is 0.346 e. The van der Waals surface area contributed by atoms with Crippen molar-refractivity contribution in [3.05, 3.63) is 87.9 Å². The Kier molecular flexibility index (Phi) is 7.65. The van der Waals surface area contributed by atoms with Crippen LogP contribution in [0.15, 0.2) is 59.4 Å². The van der Waals surface area contributed by atoms with E-state index in [9.17, 15) is 14.3 Å². The van der Waals surface area contributed by atoms with Crippen LogP contribution in [0.2, 0.25) is 0 Å². The van der Waals surface area contributed by atoms with Gasteiger partial charge in [-0.2, -0.15) is 5.10 Å². The van der Waals surface area contributed by atoms with Gasteiger partial charge in [0.1, 0.15) is 11.6 Å². The van der Waals surface area contributed by atoms with E-state index in [1.54, 1.807) is 16.7 Å². The van der Waals surface area contributed by atoms with Gasteiger partial charge in [-0.3, -0.25) is 9.47 Å². The van der Waals surface area contributed by atoms with Crippen molar-refractivity contribution in [3.8, 4) is 0 Å². The number of halogens is 1. The second-order valence-electron chi connectivity index (χ2n) is 10.0. The van der Waals surface area contributed by atoms with Crippen LogP contribution in [-0.2, 0) is 30.9 Å². The fraction of sp³-hybridized carbons (Fsp3) is 0.500. The number of ether oxygens (including phenoxy) is 1. The van der Waals surface area contributed by atoms with Gasteiger partial charge < -0.3 is 9.84 Å². The largest absolute Gasteiger partial charge is 0.390 e. The Morgan fingerprint density at radius 2 is 1.75 bits per heavy atom. The number of hydrogen-bond donors (Lipinski definition) is 1. The molecular weight excluding hydrogens is 459 g/mol. The van der Waals surface area contributed by atoms with Gasteiger partial charge in [0.15, 0.2) is 0 Å². The van der Waals surface area contributed by atoms with Crippen LogP contribution in [0.3, 0.4) is 0 Å². The van der Waals surface area contributed by atoms with Crippen LogP contribution >= 0.6 is 0 Å². The standard InChI is InChI=1S/C28H35FN4O3/c1-2-31-27(14-20-8-4-3-5-9-20)30-33(28(31)35)18-24(34)17-32-22-12-13-23(32)16-25(15-22)36-19-21-10-6-7-11-26(21)29/h3-11,22-25,34H,2,12-19H2,1H3. The van der Waals surface area contributed by atoms with Crippen LogP contribution in [0.25, 0.3) is 0 Å². The van der Waals surface area contributed by atoms with E-state index in [2.05, 4.69) is 10.00 Å². The minimum absolute atomic E-state index is 0.0962.